The van der Waals surface area contributed by atoms with Crippen molar-refractivity contribution in [1.29, 1.82) is 0 Å². The standard InChI is InChI=1S/C30H47N3O5S/c1-4-6-7-8-9-10-11-12-13-14-21-37-27(34)22-26-29(36)31-19-20-33(26)30(39)32-28(35)24-15-17-25(18-16-24)38-23(3)5-2/h15-18,23,26H,4-14,19-22H2,1-3H3,(H,31,36)(H,32,35,39). The second-order valence-corrected chi connectivity index (χ2v) is 10.6. The number of thiocarbonyl (C=S) groups is 1. The summed E-state index contributed by atoms with van der Waals surface area (Å²) < 4.78 is 11.2. The Balaban J connectivity index is 1.74. The van der Waals surface area contributed by atoms with E-state index in [0.29, 0.717) is 31.0 Å². The summed E-state index contributed by atoms with van der Waals surface area (Å²) in [7, 11) is 0. The first kappa shape index (κ1) is 32.5. The van der Waals surface area contributed by atoms with E-state index in [2.05, 4.69) is 17.6 Å². The maximum absolute atomic E-state index is 12.8. The number of ether oxygens (including phenoxy) is 2. The highest BCUT2D eigenvalue weighted by Gasteiger charge is 2.34. The maximum Gasteiger partial charge on any atom is 0.308 e. The smallest absolute Gasteiger partial charge is 0.308 e. The van der Waals surface area contributed by atoms with Crippen LogP contribution in [0, 0.1) is 0 Å². The van der Waals surface area contributed by atoms with Gasteiger partial charge in [0.1, 0.15) is 11.8 Å². The van der Waals surface area contributed by atoms with Crippen molar-refractivity contribution in [2.24, 2.45) is 0 Å². The third-order valence-corrected chi connectivity index (χ3v) is 7.30. The van der Waals surface area contributed by atoms with Crippen LogP contribution in [-0.4, -0.2) is 59.6 Å². The fourth-order valence-electron chi connectivity index (χ4n) is 4.39. The lowest BCUT2D eigenvalue weighted by Crippen LogP contribution is -2.60. The van der Waals surface area contributed by atoms with Crippen molar-refractivity contribution in [2.75, 3.05) is 19.7 Å². The Hall–Kier alpha value is -2.68. The predicted octanol–water partition coefficient (Wildman–Crippen LogP) is 5.53. The summed E-state index contributed by atoms with van der Waals surface area (Å²) in [5, 5.41) is 5.58. The highest BCUT2D eigenvalue weighted by molar-refractivity contribution is 7.80. The van der Waals surface area contributed by atoms with Gasteiger partial charge in [-0.2, -0.15) is 0 Å². The first-order valence-electron chi connectivity index (χ1n) is 14.7. The molecule has 0 spiro atoms. The molecule has 2 N–H and O–H groups in total. The first-order valence-corrected chi connectivity index (χ1v) is 15.1. The molecule has 1 heterocycles. The number of nitrogens with zero attached hydrogens (tertiary/aromatic N) is 1. The number of rotatable bonds is 17. The molecular weight excluding hydrogens is 514 g/mol. The van der Waals surface area contributed by atoms with Gasteiger partial charge in [0, 0.05) is 18.7 Å². The van der Waals surface area contributed by atoms with Crippen LogP contribution in [0.25, 0.3) is 0 Å². The van der Waals surface area contributed by atoms with Crippen molar-refractivity contribution in [3.63, 3.8) is 0 Å². The average Bonchev–Trinajstić information content (AvgIpc) is 2.93. The van der Waals surface area contributed by atoms with Crippen LogP contribution in [0.5, 0.6) is 5.75 Å². The van der Waals surface area contributed by atoms with Gasteiger partial charge in [0.2, 0.25) is 5.91 Å². The van der Waals surface area contributed by atoms with E-state index in [1.165, 1.54) is 44.9 Å². The van der Waals surface area contributed by atoms with E-state index >= 15 is 0 Å². The van der Waals surface area contributed by atoms with E-state index < -0.39 is 12.0 Å². The molecule has 1 aromatic carbocycles. The molecule has 2 rings (SSSR count). The molecule has 8 nitrogen and oxygen atoms in total. The maximum atomic E-state index is 12.8. The van der Waals surface area contributed by atoms with Crippen LogP contribution < -0.4 is 15.4 Å². The van der Waals surface area contributed by atoms with Gasteiger partial charge in [-0.15, -0.1) is 0 Å². The summed E-state index contributed by atoms with van der Waals surface area (Å²) in [5.74, 6) is -0.444. The highest BCUT2D eigenvalue weighted by Crippen LogP contribution is 2.16. The van der Waals surface area contributed by atoms with Crippen molar-refractivity contribution < 1.29 is 23.9 Å². The van der Waals surface area contributed by atoms with Crippen LogP contribution >= 0.6 is 12.2 Å². The van der Waals surface area contributed by atoms with E-state index in [-0.39, 0.29) is 29.5 Å². The second-order valence-electron chi connectivity index (χ2n) is 10.2. The van der Waals surface area contributed by atoms with E-state index in [4.69, 9.17) is 21.7 Å². The largest absolute Gasteiger partial charge is 0.491 e. The van der Waals surface area contributed by atoms with Gasteiger partial charge in [0.05, 0.1) is 19.1 Å². The van der Waals surface area contributed by atoms with Gasteiger partial charge >= 0.3 is 5.97 Å². The van der Waals surface area contributed by atoms with Gasteiger partial charge in [0.25, 0.3) is 5.91 Å². The van der Waals surface area contributed by atoms with Crippen molar-refractivity contribution in [3.05, 3.63) is 29.8 Å². The Kier molecular flexibility index (Phi) is 15.5. The molecule has 0 saturated carbocycles. The van der Waals surface area contributed by atoms with E-state index in [0.717, 1.165) is 25.7 Å². The van der Waals surface area contributed by atoms with Crippen molar-refractivity contribution in [2.45, 2.75) is 110 Å². The monoisotopic (exact) mass is 561 g/mol. The zero-order chi connectivity index (χ0) is 28.5. The normalized spacial score (nSPS) is 15.8. The molecule has 9 heteroatoms. The molecule has 2 atom stereocenters. The number of carbonyl (C=O) groups excluding carboxylic acids is 3. The zero-order valence-corrected chi connectivity index (χ0v) is 24.8. The van der Waals surface area contributed by atoms with Gasteiger partial charge < -0.3 is 19.7 Å². The number of hydrogen-bond donors (Lipinski definition) is 2. The third kappa shape index (κ3) is 12.4. The molecule has 1 fully saturated rings. The number of hydrogen-bond acceptors (Lipinski definition) is 6. The molecule has 2 unspecified atom stereocenters. The van der Waals surface area contributed by atoms with Crippen LogP contribution in [0.2, 0.25) is 0 Å². The van der Waals surface area contributed by atoms with Gasteiger partial charge in [-0.05, 0) is 56.2 Å². The van der Waals surface area contributed by atoms with E-state index in [9.17, 15) is 14.4 Å². The molecule has 0 aliphatic carbocycles. The Morgan fingerprint density at radius 1 is 1.03 bits per heavy atom. The summed E-state index contributed by atoms with van der Waals surface area (Å²) in [6, 6.07) is 6.00. The fraction of sp³-hybridized carbons (Fsp3) is 0.667. The van der Waals surface area contributed by atoms with E-state index in [1.54, 1.807) is 29.2 Å². The molecule has 1 aliphatic heterocycles. The van der Waals surface area contributed by atoms with Gasteiger partial charge in [-0.25, -0.2) is 0 Å². The SMILES string of the molecule is CCCCCCCCCCCCOC(=O)CC1C(=O)NCCN1C(=S)NC(=O)c1ccc(OC(C)CC)cc1. The molecule has 1 aliphatic rings. The lowest BCUT2D eigenvalue weighted by Gasteiger charge is -2.36. The number of piperazine rings is 1. The Morgan fingerprint density at radius 2 is 1.64 bits per heavy atom. The zero-order valence-electron chi connectivity index (χ0n) is 24.0. The number of unbranched alkanes of at least 4 members (excludes halogenated alkanes) is 9. The number of amides is 2. The number of nitrogens with one attached hydrogen (secondary N) is 2. The molecule has 1 saturated heterocycles. The minimum atomic E-state index is -0.821. The number of esters is 1. The van der Waals surface area contributed by atoms with Gasteiger partial charge in [0.15, 0.2) is 5.11 Å². The predicted molar refractivity (Wildman–Crippen MR) is 158 cm³/mol. The summed E-state index contributed by atoms with van der Waals surface area (Å²) in [4.78, 5) is 39.4. The van der Waals surface area contributed by atoms with E-state index in [1.807, 2.05) is 13.8 Å². The van der Waals surface area contributed by atoms with Crippen molar-refractivity contribution in [1.82, 2.24) is 15.5 Å². The first-order chi connectivity index (χ1) is 18.8. The Labute approximate surface area is 239 Å². The van der Waals surface area contributed by atoms with Crippen LogP contribution in [-0.2, 0) is 14.3 Å². The van der Waals surface area contributed by atoms with Crippen LogP contribution in [0.15, 0.2) is 24.3 Å². The number of carbonyl (C=O) groups is 3. The lowest BCUT2D eigenvalue weighted by molar-refractivity contribution is -0.147. The minimum absolute atomic E-state index is 0.0843. The van der Waals surface area contributed by atoms with Gasteiger partial charge in [-0.1, -0.05) is 71.6 Å². The molecule has 39 heavy (non-hydrogen) atoms. The summed E-state index contributed by atoms with van der Waals surface area (Å²) in [6.07, 6.45) is 12.9. The lowest BCUT2D eigenvalue weighted by atomic mass is 10.1. The van der Waals surface area contributed by atoms with Gasteiger partial charge in [-0.3, -0.25) is 19.7 Å². The molecule has 2 amide bonds. The topological polar surface area (TPSA) is 97.0 Å². The average molecular weight is 562 g/mol. The summed E-state index contributed by atoms with van der Waals surface area (Å²) >= 11 is 5.45. The molecule has 218 valence electrons. The van der Waals surface area contributed by atoms with Crippen molar-refractivity contribution in [3.8, 4) is 5.75 Å². The van der Waals surface area contributed by atoms with Crippen LogP contribution in [0.4, 0.5) is 0 Å². The summed E-state index contributed by atoms with van der Waals surface area (Å²) in [5.41, 5.74) is 0.419. The Bertz CT molecular complexity index is 908. The molecular formula is C30H47N3O5S. The molecule has 1 aromatic rings. The quantitative estimate of drug-likeness (QED) is 0.147. The highest BCUT2D eigenvalue weighted by atomic mass is 32.1. The third-order valence-electron chi connectivity index (χ3n) is 6.96. The van der Waals surface area contributed by atoms with Crippen LogP contribution in [0.1, 0.15) is 108 Å². The molecule has 0 bridgehead atoms. The summed E-state index contributed by atoms with van der Waals surface area (Å²) in [6.45, 7) is 7.37. The Morgan fingerprint density at radius 3 is 2.26 bits per heavy atom. The fourth-order valence-corrected chi connectivity index (χ4v) is 4.71. The van der Waals surface area contributed by atoms with Crippen LogP contribution in [0.3, 0.4) is 0 Å². The molecule has 0 aromatic heterocycles. The number of benzene rings is 1. The molecule has 0 radical (unpaired) electrons. The second kappa shape index (κ2) is 18.6. The minimum Gasteiger partial charge on any atom is -0.491 e. The van der Waals surface area contributed by atoms with Crippen molar-refractivity contribution >= 4 is 35.1 Å².